The van der Waals surface area contributed by atoms with Crippen LogP contribution in [0, 0.1) is 11.8 Å². The molecule has 2 unspecified atom stereocenters. The SMILES string of the molecule is CN(C(=O)c1ccc(C#CCO)cn1)C1CCCCC1O. The van der Waals surface area contributed by atoms with Gasteiger partial charge in [-0.05, 0) is 25.0 Å². The van der Waals surface area contributed by atoms with E-state index in [0.717, 1.165) is 25.7 Å². The lowest BCUT2D eigenvalue weighted by Crippen LogP contribution is -2.46. The quantitative estimate of drug-likeness (QED) is 0.790. The van der Waals surface area contributed by atoms with Gasteiger partial charge >= 0.3 is 0 Å². The molecule has 1 aromatic rings. The lowest BCUT2D eigenvalue weighted by atomic mass is 9.91. The molecular weight excluding hydrogens is 268 g/mol. The summed E-state index contributed by atoms with van der Waals surface area (Å²) < 4.78 is 0. The van der Waals surface area contributed by atoms with E-state index < -0.39 is 6.10 Å². The molecule has 2 N–H and O–H groups in total. The Morgan fingerprint density at radius 3 is 2.81 bits per heavy atom. The number of pyridine rings is 1. The van der Waals surface area contributed by atoms with E-state index >= 15 is 0 Å². The predicted molar refractivity (Wildman–Crippen MR) is 78.6 cm³/mol. The van der Waals surface area contributed by atoms with Gasteiger partial charge in [0.25, 0.3) is 5.91 Å². The Balaban J connectivity index is 2.08. The fourth-order valence-corrected chi connectivity index (χ4v) is 2.61. The van der Waals surface area contributed by atoms with E-state index in [0.29, 0.717) is 11.3 Å². The molecule has 2 atom stereocenters. The summed E-state index contributed by atoms with van der Waals surface area (Å²) in [6.45, 7) is -0.205. The first-order valence-electron chi connectivity index (χ1n) is 7.14. The third-order valence-electron chi connectivity index (χ3n) is 3.81. The van der Waals surface area contributed by atoms with Gasteiger partial charge in [-0.1, -0.05) is 24.7 Å². The third kappa shape index (κ3) is 3.81. The van der Waals surface area contributed by atoms with E-state index in [1.165, 1.54) is 6.20 Å². The Bertz CT molecular complexity index is 545. The minimum atomic E-state index is -0.456. The molecule has 0 aromatic carbocycles. The lowest BCUT2D eigenvalue weighted by molar-refractivity contribution is 0.0264. The molecule has 1 aromatic heterocycles. The maximum absolute atomic E-state index is 12.4. The maximum atomic E-state index is 12.4. The van der Waals surface area contributed by atoms with Crippen LogP contribution < -0.4 is 0 Å². The number of amides is 1. The zero-order valence-corrected chi connectivity index (χ0v) is 12.1. The maximum Gasteiger partial charge on any atom is 0.272 e. The molecule has 112 valence electrons. The number of rotatable bonds is 2. The van der Waals surface area contributed by atoms with Gasteiger partial charge in [0.15, 0.2) is 0 Å². The van der Waals surface area contributed by atoms with Crippen molar-refractivity contribution >= 4 is 5.91 Å². The molecule has 1 fully saturated rings. The highest BCUT2D eigenvalue weighted by Gasteiger charge is 2.30. The zero-order chi connectivity index (χ0) is 15.2. The van der Waals surface area contributed by atoms with Crippen LogP contribution in [0.25, 0.3) is 0 Å². The number of hydrogen-bond acceptors (Lipinski definition) is 4. The van der Waals surface area contributed by atoms with E-state index in [1.807, 2.05) is 0 Å². The summed E-state index contributed by atoms with van der Waals surface area (Å²) in [6.07, 6.45) is 4.66. The van der Waals surface area contributed by atoms with Crippen LogP contribution in [0.2, 0.25) is 0 Å². The third-order valence-corrected chi connectivity index (χ3v) is 3.81. The molecule has 1 heterocycles. The topological polar surface area (TPSA) is 73.7 Å². The second-order valence-corrected chi connectivity index (χ2v) is 5.23. The lowest BCUT2D eigenvalue weighted by Gasteiger charge is -2.35. The highest BCUT2D eigenvalue weighted by atomic mass is 16.3. The number of hydrogen-bond donors (Lipinski definition) is 2. The van der Waals surface area contributed by atoms with Crippen molar-refractivity contribution in [1.82, 2.24) is 9.88 Å². The summed E-state index contributed by atoms with van der Waals surface area (Å²) in [7, 11) is 1.71. The van der Waals surface area contributed by atoms with E-state index in [4.69, 9.17) is 5.11 Å². The molecule has 0 bridgehead atoms. The highest BCUT2D eigenvalue weighted by Crippen LogP contribution is 2.23. The van der Waals surface area contributed by atoms with Crippen molar-refractivity contribution < 1.29 is 15.0 Å². The number of carbonyl (C=O) groups is 1. The van der Waals surface area contributed by atoms with Crippen LogP contribution in [0.4, 0.5) is 0 Å². The minimum Gasteiger partial charge on any atom is -0.391 e. The first-order valence-corrected chi connectivity index (χ1v) is 7.14. The van der Waals surface area contributed by atoms with Crippen molar-refractivity contribution in [3.8, 4) is 11.8 Å². The number of aliphatic hydroxyl groups is 2. The monoisotopic (exact) mass is 288 g/mol. The van der Waals surface area contributed by atoms with Crippen molar-refractivity contribution in [3.05, 3.63) is 29.6 Å². The van der Waals surface area contributed by atoms with Gasteiger partial charge in [-0.25, -0.2) is 4.98 Å². The van der Waals surface area contributed by atoms with Gasteiger partial charge in [0, 0.05) is 18.8 Å². The second kappa shape index (κ2) is 7.21. The predicted octanol–water partition coefficient (Wildman–Crippen LogP) is 0.801. The van der Waals surface area contributed by atoms with Gasteiger partial charge in [0.1, 0.15) is 12.3 Å². The fourth-order valence-electron chi connectivity index (χ4n) is 2.61. The van der Waals surface area contributed by atoms with Gasteiger partial charge in [0.05, 0.1) is 12.1 Å². The van der Waals surface area contributed by atoms with Crippen molar-refractivity contribution in [3.63, 3.8) is 0 Å². The Kier molecular flexibility index (Phi) is 5.32. The summed E-state index contributed by atoms with van der Waals surface area (Å²) in [6, 6.07) is 3.19. The van der Waals surface area contributed by atoms with Crippen LogP contribution in [0.5, 0.6) is 0 Å². The Labute approximate surface area is 124 Å². The molecule has 21 heavy (non-hydrogen) atoms. The molecule has 0 aliphatic heterocycles. The number of aliphatic hydroxyl groups excluding tert-OH is 2. The zero-order valence-electron chi connectivity index (χ0n) is 12.1. The molecule has 1 aliphatic carbocycles. The van der Waals surface area contributed by atoms with Crippen LogP contribution in [0.3, 0.4) is 0 Å². The number of nitrogens with zero attached hydrogens (tertiary/aromatic N) is 2. The Morgan fingerprint density at radius 2 is 2.19 bits per heavy atom. The van der Waals surface area contributed by atoms with E-state index in [-0.39, 0.29) is 18.6 Å². The summed E-state index contributed by atoms with van der Waals surface area (Å²) in [5, 5.41) is 18.7. The van der Waals surface area contributed by atoms with Gasteiger partial charge in [-0.15, -0.1) is 0 Å². The second-order valence-electron chi connectivity index (χ2n) is 5.23. The fraction of sp³-hybridized carbons (Fsp3) is 0.500. The first kappa shape index (κ1) is 15.5. The van der Waals surface area contributed by atoms with Crippen LogP contribution >= 0.6 is 0 Å². The summed E-state index contributed by atoms with van der Waals surface area (Å²) >= 11 is 0. The molecule has 5 heteroatoms. The van der Waals surface area contributed by atoms with E-state index in [9.17, 15) is 9.90 Å². The minimum absolute atomic E-state index is 0.137. The molecule has 0 radical (unpaired) electrons. The van der Waals surface area contributed by atoms with E-state index in [1.54, 1.807) is 24.1 Å². The Hall–Kier alpha value is -1.90. The number of carbonyl (C=O) groups excluding carboxylic acids is 1. The Morgan fingerprint density at radius 1 is 1.43 bits per heavy atom. The molecule has 1 saturated carbocycles. The smallest absolute Gasteiger partial charge is 0.272 e. The summed E-state index contributed by atoms with van der Waals surface area (Å²) in [4.78, 5) is 18.1. The normalized spacial score (nSPS) is 21.3. The number of likely N-dealkylation sites (N-methyl/N-ethyl adjacent to an activating group) is 1. The average Bonchev–Trinajstić information content (AvgIpc) is 2.52. The highest BCUT2D eigenvalue weighted by molar-refractivity contribution is 5.92. The van der Waals surface area contributed by atoms with E-state index in [2.05, 4.69) is 16.8 Å². The molecule has 5 nitrogen and oxygen atoms in total. The molecule has 0 spiro atoms. The summed E-state index contributed by atoms with van der Waals surface area (Å²) in [5.74, 6) is 5.07. The van der Waals surface area contributed by atoms with Gasteiger partial charge in [-0.2, -0.15) is 0 Å². The van der Waals surface area contributed by atoms with Crippen LogP contribution in [0.15, 0.2) is 18.3 Å². The molecule has 0 saturated heterocycles. The van der Waals surface area contributed by atoms with Crippen LogP contribution in [-0.2, 0) is 0 Å². The molecular formula is C16H20N2O3. The van der Waals surface area contributed by atoms with Crippen molar-refractivity contribution in [2.45, 2.75) is 37.8 Å². The van der Waals surface area contributed by atoms with Crippen LogP contribution in [-0.4, -0.2) is 51.8 Å². The van der Waals surface area contributed by atoms with Crippen LogP contribution in [0.1, 0.15) is 41.7 Å². The van der Waals surface area contributed by atoms with Crippen molar-refractivity contribution in [2.75, 3.05) is 13.7 Å². The number of aromatic nitrogens is 1. The average molecular weight is 288 g/mol. The van der Waals surface area contributed by atoms with Gasteiger partial charge in [-0.3, -0.25) is 4.79 Å². The standard InChI is InChI=1S/C16H20N2O3/c1-18(14-6-2-3-7-15(14)20)16(21)13-9-8-12(11-17-13)5-4-10-19/h8-9,11,14-15,19-20H,2-3,6-7,10H2,1H3. The molecule has 2 rings (SSSR count). The van der Waals surface area contributed by atoms with Gasteiger partial charge < -0.3 is 15.1 Å². The van der Waals surface area contributed by atoms with Crippen molar-refractivity contribution in [2.24, 2.45) is 0 Å². The largest absolute Gasteiger partial charge is 0.391 e. The first-order chi connectivity index (χ1) is 10.1. The van der Waals surface area contributed by atoms with Crippen molar-refractivity contribution in [1.29, 1.82) is 0 Å². The summed E-state index contributed by atoms with van der Waals surface area (Å²) in [5.41, 5.74) is 0.991. The molecule has 1 aliphatic rings. The van der Waals surface area contributed by atoms with Gasteiger partial charge in [0.2, 0.25) is 0 Å². The molecule has 1 amide bonds.